The molecule has 0 spiro atoms. The number of esters is 1. The fraction of sp³-hybridized carbons (Fsp3) is 0.154. The van der Waals surface area contributed by atoms with Gasteiger partial charge < -0.3 is 10.5 Å². The zero-order chi connectivity index (χ0) is 11.8. The van der Waals surface area contributed by atoms with Crippen molar-refractivity contribution in [1.82, 2.24) is 0 Å². The summed E-state index contributed by atoms with van der Waals surface area (Å²) < 4.78 is 4.49. The maximum atomic E-state index is 10.8. The van der Waals surface area contributed by atoms with Gasteiger partial charge in [-0.05, 0) is 23.8 Å². The number of hydrogen-bond acceptors (Lipinski definition) is 3. The van der Waals surface area contributed by atoms with Crippen molar-refractivity contribution in [2.24, 2.45) is 5.73 Å². The number of benzene rings is 1. The Balaban J connectivity index is 2.72. The van der Waals surface area contributed by atoms with Crippen LogP contribution in [0.5, 0.6) is 0 Å². The summed E-state index contributed by atoms with van der Waals surface area (Å²) in [6.07, 6.45) is 3.06. The lowest BCUT2D eigenvalue weighted by Crippen LogP contribution is -1.93. The molecular weight excluding hydrogens is 202 g/mol. The fourth-order valence-electron chi connectivity index (χ4n) is 1.06. The van der Waals surface area contributed by atoms with E-state index in [9.17, 15) is 4.79 Å². The number of carbonyl (C=O) groups excluding carboxylic acids is 1. The molecule has 82 valence electrons. The molecule has 1 rings (SSSR count). The average Bonchev–Trinajstić information content (AvgIpc) is 2.34. The van der Waals surface area contributed by atoms with Gasteiger partial charge in [0.15, 0.2) is 0 Å². The van der Waals surface area contributed by atoms with E-state index in [4.69, 9.17) is 5.73 Å². The molecule has 0 saturated carbocycles. The van der Waals surface area contributed by atoms with Crippen molar-refractivity contribution in [3.8, 4) is 11.8 Å². The Morgan fingerprint density at radius 1 is 1.44 bits per heavy atom. The van der Waals surface area contributed by atoms with Crippen LogP contribution in [0.4, 0.5) is 0 Å². The van der Waals surface area contributed by atoms with Crippen LogP contribution in [0.15, 0.2) is 30.3 Å². The minimum Gasteiger partial charge on any atom is -0.466 e. The van der Waals surface area contributed by atoms with Gasteiger partial charge in [-0.2, -0.15) is 0 Å². The van der Waals surface area contributed by atoms with Crippen molar-refractivity contribution in [1.29, 1.82) is 0 Å². The lowest BCUT2D eigenvalue weighted by Gasteiger charge is -1.94. The molecule has 0 fully saturated rings. The monoisotopic (exact) mass is 215 g/mol. The first kappa shape index (κ1) is 12.0. The predicted octanol–water partition coefficient (Wildman–Crippen LogP) is 1.18. The van der Waals surface area contributed by atoms with Crippen molar-refractivity contribution in [3.05, 3.63) is 41.5 Å². The van der Waals surface area contributed by atoms with Crippen LogP contribution in [0.1, 0.15) is 11.1 Å². The van der Waals surface area contributed by atoms with E-state index in [0.29, 0.717) is 6.54 Å². The topological polar surface area (TPSA) is 52.3 Å². The molecule has 0 aliphatic rings. The Morgan fingerprint density at radius 3 is 2.69 bits per heavy atom. The third-order valence-corrected chi connectivity index (χ3v) is 1.86. The minimum atomic E-state index is -0.369. The highest BCUT2D eigenvalue weighted by Gasteiger charge is 1.92. The van der Waals surface area contributed by atoms with Crippen molar-refractivity contribution >= 4 is 12.0 Å². The summed E-state index contributed by atoms with van der Waals surface area (Å²) in [5, 5.41) is 0. The average molecular weight is 215 g/mol. The van der Waals surface area contributed by atoms with E-state index in [1.165, 1.54) is 13.2 Å². The van der Waals surface area contributed by atoms with Crippen LogP contribution in [-0.2, 0) is 9.53 Å². The van der Waals surface area contributed by atoms with Gasteiger partial charge in [0.05, 0.1) is 13.7 Å². The Morgan fingerprint density at radius 2 is 2.12 bits per heavy atom. The molecule has 1 aromatic carbocycles. The molecule has 0 bridgehead atoms. The highest BCUT2D eigenvalue weighted by molar-refractivity contribution is 5.86. The first-order chi connectivity index (χ1) is 7.76. The highest BCUT2D eigenvalue weighted by Crippen LogP contribution is 2.05. The third-order valence-electron chi connectivity index (χ3n) is 1.86. The Kier molecular flexibility index (Phi) is 4.84. The summed E-state index contributed by atoms with van der Waals surface area (Å²) in [4.78, 5) is 10.8. The van der Waals surface area contributed by atoms with Crippen LogP contribution in [0.2, 0.25) is 0 Å². The van der Waals surface area contributed by atoms with Crippen molar-refractivity contribution in [2.75, 3.05) is 13.7 Å². The molecule has 1 aromatic rings. The lowest BCUT2D eigenvalue weighted by molar-refractivity contribution is -0.134. The Labute approximate surface area is 94.9 Å². The summed E-state index contributed by atoms with van der Waals surface area (Å²) in [5.41, 5.74) is 7.09. The molecule has 3 heteroatoms. The zero-order valence-corrected chi connectivity index (χ0v) is 9.07. The Hall–Kier alpha value is -2.05. The van der Waals surface area contributed by atoms with Gasteiger partial charge in [0, 0.05) is 11.6 Å². The van der Waals surface area contributed by atoms with E-state index in [-0.39, 0.29) is 5.97 Å². The van der Waals surface area contributed by atoms with Gasteiger partial charge in [0.25, 0.3) is 0 Å². The van der Waals surface area contributed by atoms with E-state index < -0.39 is 0 Å². The van der Waals surface area contributed by atoms with Gasteiger partial charge in [-0.25, -0.2) is 4.79 Å². The molecule has 0 saturated heterocycles. The number of methoxy groups -OCH3 is 1. The maximum Gasteiger partial charge on any atom is 0.330 e. The quantitative estimate of drug-likeness (QED) is 0.458. The van der Waals surface area contributed by atoms with Gasteiger partial charge in [0.1, 0.15) is 0 Å². The standard InChI is InChI=1S/C13H13NO2/c1-16-13(15)9-8-12-6-4-11(5-7-12)3-2-10-14/h4-9H,10,14H2,1H3/b9-8+. The predicted molar refractivity (Wildman–Crippen MR) is 63.4 cm³/mol. The molecule has 0 aliphatic carbocycles. The molecule has 0 atom stereocenters. The second kappa shape index (κ2) is 6.44. The molecular formula is C13H13NO2. The van der Waals surface area contributed by atoms with Gasteiger partial charge in [-0.3, -0.25) is 0 Å². The molecule has 3 nitrogen and oxygen atoms in total. The number of rotatable bonds is 2. The summed E-state index contributed by atoms with van der Waals surface area (Å²) in [7, 11) is 1.35. The van der Waals surface area contributed by atoms with Crippen molar-refractivity contribution in [3.63, 3.8) is 0 Å². The first-order valence-electron chi connectivity index (χ1n) is 4.81. The third kappa shape index (κ3) is 3.99. The number of nitrogens with two attached hydrogens (primary N) is 1. The molecule has 16 heavy (non-hydrogen) atoms. The molecule has 0 amide bonds. The van der Waals surface area contributed by atoms with Crippen LogP contribution >= 0.6 is 0 Å². The highest BCUT2D eigenvalue weighted by atomic mass is 16.5. The largest absolute Gasteiger partial charge is 0.466 e. The molecule has 0 aromatic heterocycles. The molecule has 2 N–H and O–H groups in total. The molecule has 0 radical (unpaired) electrons. The smallest absolute Gasteiger partial charge is 0.330 e. The first-order valence-corrected chi connectivity index (χ1v) is 4.81. The van der Waals surface area contributed by atoms with E-state index in [1.54, 1.807) is 6.08 Å². The number of carbonyl (C=O) groups is 1. The van der Waals surface area contributed by atoms with Crippen LogP contribution < -0.4 is 5.73 Å². The van der Waals surface area contributed by atoms with E-state index in [0.717, 1.165) is 11.1 Å². The summed E-state index contributed by atoms with van der Waals surface area (Å²) >= 11 is 0. The minimum absolute atomic E-state index is 0.351. The van der Waals surface area contributed by atoms with Crippen LogP contribution in [0.25, 0.3) is 6.08 Å². The summed E-state index contributed by atoms with van der Waals surface area (Å²) in [6, 6.07) is 7.50. The maximum absolute atomic E-state index is 10.8. The van der Waals surface area contributed by atoms with Crippen LogP contribution in [0, 0.1) is 11.8 Å². The number of ether oxygens (including phenoxy) is 1. The molecule has 0 heterocycles. The van der Waals surface area contributed by atoms with Gasteiger partial charge in [-0.15, -0.1) is 0 Å². The lowest BCUT2D eigenvalue weighted by atomic mass is 10.1. The van der Waals surface area contributed by atoms with Crippen molar-refractivity contribution < 1.29 is 9.53 Å². The summed E-state index contributed by atoms with van der Waals surface area (Å²) in [6.45, 7) is 0.351. The number of hydrogen-bond donors (Lipinski definition) is 1. The van der Waals surface area contributed by atoms with Gasteiger partial charge in [0.2, 0.25) is 0 Å². The molecule has 0 unspecified atom stereocenters. The van der Waals surface area contributed by atoms with E-state index in [1.807, 2.05) is 24.3 Å². The summed E-state index contributed by atoms with van der Waals surface area (Å²) in [5.74, 6) is 5.32. The Bertz CT molecular complexity index is 435. The van der Waals surface area contributed by atoms with E-state index >= 15 is 0 Å². The van der Waals surface area contributed by atoms with Crippen LogP contribution in [-0.4, -0.2) is 19.6 Å². The molecule has 0 aliphatic heterocycles. The van der Waals surface area contributed by atoms with Crippen molar-refractivity contribution in [2.45, 2.75) is 0 Å². The van der Waals surface area contributed by atoms with Gasteiger partial charge >= 0.3 is 5.97 Å². The van der Waals surface area contributed by atoms with Crippen LogP contribution in [0.3, 0.4) is 0 Å². The normalized spacial score (nSPS) is 9.62. The second-order valence-electron chi connectivity index (χ2n) is 2.98. The van der Waals surface area contributed by atoms with E-state index in [2.05, 4.69) is 16.6 Å². The fourth-order valence-corrected chi connectivity index (χ4v) is 1.06. The van der Waals surface area contributed by atoms with Gasteiger partial charge in [-0.1, -0.05) is 24.0 Å². The second-order valence-corrected chi connectivity index (χ2v) is 2.98. The SMILES string of the molecule is COC(=O)/C=C/c1ccc(C#CCN)cc1. The zero-order valence-electron chi connectivity index (χ0n) is 9.07.